The highest BCUT2D eigenvalue weighted by atomic mass is 32.1. The Hall–Kier alpha value is -5.44. The van der Waals surface area contributed by atoms with E-state index in [1.54, 1.807) is 0 Å². The second kappa shape index (κ2) is 10.3. The number of ether oxygens (including phenoxy) is 1. The standard InChI is InChI=1S/C43H28OS/c1-3-15-32(16-4-1)43(33-17-5-2-6-18-33)36-21-8-9-22-38(36)44-39-28-30(25-26-37(39)43)29-13-11-14-31(27-29)34-20-12-24-41-42(34)35-19-7-10-23-40(35)45-41/h1-28H. The van der Waals surface area contributed by atoms with E-state index < -0.39 is 5.41 Å². The first-order valence-electron chi connectivity index (χ1n) is 15.3. The lowest BCUT2D eigenvalue weighted by Gasteiger charge is -2.41. The first-order chi connectivity index (χ1) is 22.3. The number of hydrogen-bond donors (Lipinski definition) is 0. The van der Waals surface area contributed by atoms with Gasteiger partial charge in [-0.15, -0.1) is 11.3 Å². The van der Waals surface area contributed by atoms with Crippen molar-refractivity contribution in [2.75, 3.05) is 0 Å². The van der Waals surface area contributed by atoms with E-state index in [0.717, 1.165) is 28.2 Å². The van der Waals surface area contributed by atoms with Gasteiger partial charge in [0.2, 0.25) is 0 Å². The predicted molar refractivity (Wildman–Crippen MR) is 189 cm³/mol. The van der Waals surface area contributed by atoms with E-state index >= 15 is 0 Å². The van der Waals surface area contributed by atoms with Gasteiger partial charge in [0.05, 0.1) is 5.41 Å². The Morgan fingerprint density at radius 2 is 1.04 bits per heavy atom. The summed E-state index contributed by atoms with van der Waals surface area (Å²) in [6.07, 6.45) is 0. The topological polar surface area (TPSA) is 9.23 Å². The van der Waals surface area contributed by atoms with Crippen LogP contribution in [0.3, 0.4) is 0 Å². The molecule has 212 valence electrons. The van der Waals surface area contributed by atoms with Crippen molar-refractivity contribution in [1.82, 2.24) is 0 Å². The van der Waals surface area contributed by atoms with E-state index in [4.69, 9.17) is 4.74 Å². The fourth-order valence-electron chi connectivity index (χ4n) is 7.27. The number of benzene rings is 7. The Balaban J connectivity index is 1.24. The van der Waals surface area contributed by atoms with Crippen LogP contribution in [0.1, 0.15) is 22.3 Å². The van der Waals surface area contributed by atoms with E-state index in [-0.39, 0.29) is 0 Å². The number of para-hydroxylation sites is 1. The van der Waals surface area contributed by atoms with Gasteiger partial charge in [-0.3, -0.25) is 0 Å². The van der Waals surface area contributed by atoms with Crippen molar-refractivity contribution in [2.45, 2.75) is 5.41 Å². The molecule has 1 nitrogen and oxygen atoms in total. The normalized spacial score (nSPS) is 13.2. The van der Waals surface area contributed by atoms with E-state index in [1.165, 1.54) is 48.0 Å². The summed E-state index contributed by atoms with van der Waals surface area (Å²) in [6.45, 7) is 0. The number of rotatable bonds is 4. The highest BCUT2D eigenvalue weighted by molar-refractivity contribution is 7.25. The predicted octanol–water partition coefficient (Wildman–Crippen LogP) is 11.9. The molecule has 0 bridgehead atoms. The number of thiophene rings is 1. The van der Waals surface area contributed by atoms with Crippen LogP contribution in [0.25, 0.3) is 42.4 Å². The Labute approximate surface area is 266 Å². The van der Waals surface area contributed by atoms with Crippen LogP contribution in [0.5, 0.6) is 11.5 Å². The van der Waals surface area contributed by atoms with Crippen LogP contribution < -0.4 is 4.74 Å². The molecule has 45 heavy (non-hydrogen) atoms. The molecule has 7 aromatic carbocycles. The lowest BCUT2D eigenvalue weighted by molar-refractivity contribution is 0.435. The van der Waals surface area contributed by atoms with Gasteiger partial charge in [0.15, 0.2) is 0 Å². The zero-order valence-corrected chi connectivity index (χ0v) is 25.3. The second-order valence-corrected chi connectivity index (χ2v) is 12.7. The van der Waals surface area contributed by atoms with Gasteiger partial charge in [-0.05, 0) is 63.7 Å². The van der Waals surface area contributed by atoms with Crippen molar-refractivity contribution >= 4 is 31.5 Å². The van der Waals surface area contributed by atoms with Crippen molar-refractivity contribution in [3.05, 3.63) is 192 Å². The fraction of sp³-hybridized carbons (Fsp3) is 0.0233. The first-order valence-corrected chi connectivity index (χ1v) is 16.2. The minimum atomic E-state index is -0.511. The van der Waals surface area contributed by atoms with E-state index in [1.807, 2.05) is 11.3 Å². The molecule has 0 fully saturated rings. The number of hydrogen-bond acceptors (Lipinski definition) is 2. The Bertz CT molecular complexity index is 2310. The summed E-state index contributed by atoms with van der Waals surface area (Å²) < 4.78 is 9.39. The Morgan fingerprint density at radius 1 is 0.422 bits per heavy atom. The summed E-state index contributed by atoms with van der Waals surface area (Å²) in [4.78, 5) is 0. The van der Waals surface area contributed by atoms with E-state index in [2.05, 4.69) is 170 Å². The first kappa shape index (κ1) is 26.0. The van der Waals surface area contributed by atoms with Crippen LogP contribution in [0.15, 0.2) is 170 Å². The van der Waals surface area contributed by atoms with Crippen LogP contribution in [0, 0.1) is 0 Å². The summed E-state index contributed by atoms with van der Waals surface area (Å²) in [7, 11) is 0. The van der Waals surface area contributed by atoms with Crippen LogP contribution in [-0.2, 0) is 5.41 Å². The Morgan fingerprint density at radius 3 is 1.87 bits per heavy atom. The van der Waals surface area contributed by atoms with E-state index in [9.17, 15) is 0 Å². The average Bonchev–Trinajstić information content (AvgIpc) is 3.50. The fourth-order valence-corrected chi connectivity index (χ4v) is 8.40. The van der Waals surface area contributed by atoms with Gasteiger partial charge in [-0.2, -0.15) is 0 Å². The lowest BCUT2D eigenvalue weighted by atomic mass is 9.63. The van der Waals surface area contributed by atoms with Crippen molar-refractivity contribution in [2.24, 2.45) is 0 Å². The maximum Gasteiger partial charge on any atom is 0.132 e. The largest absolute Gasteiger partial charge is 0.457 e. The van der Waals surface area contributed by atoms with Gasteiger partial charge in [-0.25, -0.2) is 0 Å². The molecule has 0 unspecified atom stereocenters. The Kier molecular flexibility index (Phi) is 5.97. The molecule has 0 atom stereocenters. The quantitative estimate of drug-likeness (QED) is 0.197. The maximum atomic E-state index is 6.75. The molecule has 1 aliphatic rings. The summed E-state index contributed by atoms with van der Waals surface area (Å²) in [5.41, 5.74) is 9.01. The van der Waals surface area contributed by atoms with Crippen molar-refractivity contribution < 1.29 is 4.74 Å². The molecular weight excluding hydrogens is 565 g/mol. The van der Waals surface area contributed by atoms with Gasteiger partial charge in [0.25, 0.3) is 0 Å². The molecule has 0 amide bonds. The van der Waals surface area contributed by atoms with Gasteiger partial charge < -0.3 is 4.74 Å². The van der Waals surface area contributed by atoms with Gasteiger partial charge in [0, 0.05) is 31.3 Å². The minimum absolute atomic E-state index is 0.511. The third-order valence-electron chi connectivity index (χ3n) is 9.22. The van der Waals surface area contributed by atoms with Crippen LogP contribution in [-0.4, -0.2) is 0 Å². The van der Waals surface area contributed by atoms with Crippen LogP contribution in [0.4, 0.5) is 0 Å². The summed E-state index contributed by atoms with van der Waals surface area (Å²) >= 11 is 1.86. The SMILES string of the molecule is c1ccc(C2(c3ccccc3)c3ccccc3Oc3cc(-c4cccc(-c5cccc6sc7ccccc7c56)c4)ccc32)cc1. The summed E-state index contributed by atoms with van der Waals surface area (Å²) in [6, 6.07) is 61.2. The molecule has 0 saturated heterocycles. The molecule has 2 heteroatoms. The van der Waals surface area contributed by atoms with Gasteiger partial charge >= 0.3 is 0 Å². The monoisotopic (exact) mass is 592 g/mol. The summed E-state index contributed by atoms with van der Waals surface area (Å²) in [5.74, 6) is 1.77. The molecular formula is C43H28OS. The molecule has 0 N–H and O–H groups in total. The second-order valence-electron chi connectivity index (χ2n) is 11.6. The zero-order valence-electron chi connectivity index (χ0n) is 24.5. The minimum Gasteiger partial charge on any atom is -0.457 e. The molecule has 2 heterocycles. The average molecular weight is 593 g/mol. The maximum absolute atomic E-state index is 6.75. The van der Waals surface area contributed by atoms with Gasteiger partial charge in [0.1, 0.15) is 11.5 Å². The summed E-state index contributed by atoms with van der Waals surface area (Å²) in [5, 5.41) is 2.65. The molecule has 0 saturated carbocycles. The van der Waals surface area contributed by atoms with E-state index in [0.29, 0.717) is 0 Å². The van der Waals surface area contributed by atoms with Crippen molar-refractivity contribution in [3.63, 3.8) is 0 Å². The lowest BCUT2D eigenvalue weighted by Crippen LogP contribution is -2.34. The molecule has 8 aromatic rings. The van der Waals surface area contributed by atoms with Crippen LogP contribution in [0.2, 0.25) is 0 Å². The third-order valence-corrected chi connectivity index (χ3v) is 10.4. The molecule has 0 aliphatic carbocycles. The van der Waals surface area contributed by atoms with Gasteiger partial charge in [-0.1, -0.05) is 140 Å². The molecule has 0 spiro atoms. The highest BCUT2D eigenvalue weighted by Crippen LogP contribution is 2.55. The molecule has 0 radical (unpaired) electrons. The van der Waals surface area contributed by atoms with Crippen molar-refractivity contribution in [3.8, 4) is 33.8 Å². The third kappa shape index (κ3) is 4.00. The van der Waals surface area contributed by atoms with Crippen LogP contribution >= 0.6 is 11.3 Å². The zero-order chi connectivity index (χ0) is 29.8. The van der Waals surface area contributed by atoms with Crippen molar-refractivity contribution in [1.29, 1.82) is 0 Å². The number of fused-ring (bicyclic) bond motifs is 5. The smallest absolute Gasteiger partial charge is 0.132 e. The molecule has 1 aliphatic heterocycles. The molecule has 1 aromatic heterocycles. The molecule has 9 rings (SSSR count). The highest BCUT2D eigenvalue weighted by Gasteiger charge is 2.45.